The molecule has 8 nitrogen and oxygen atoms in total. The molecule has 1 aromatic heterocycles. The Balaban J connectivity index is 1.53. The van der Waals surface area contributed by atoms with Crippen LogP contribution in [0.4, 0.5) is 11.8 Å². The molecule has 2 fully saturated rings. The fraction of sp³-hybridized carbons (Fsp3) is 0.733. The van der Waals surface area contributed by atoms with Crippen molar-refractivity contribution in [1.82, 2.24) is 14.9 Å². The van der Waals surface area contributed by atoms with Gasteiger partial charge in [0, 0.05) is 45.5 Å². The summed E-state index contributed by atoms with van der Waals surface area (Å²) in [6.45, 7) is 5.28. The molecule has 1 atom stereocenters. The van der Waals surface area contributed by atoms with Crippen molar-refractivity contribution in [2.45, 2.75) is 12.5 Å². The number of ether oxygens (including phenoxy) is 1. The van der Waals surface area contributed by atoms with Gasteiger partial charge in [0.15, 0.2) is 9.84 Å². The summed E-state index contributed by atoms with van der Waals surface area (Å²) in [5, 5.41) is 3.32. The quantitative estimate of drug-likeness (QED) is 0.753. The van der Waals surface area contributed by atoms with E-state index in [1.165, 1.54) is 0 Å². The van der Waals surface area contributed by atoms with Gasteiger partial charge in [0.1, 0.15) is 5.82 Å². The van der Waals surface area contributed by atoms with E-state index in [2.05, 4.69) is 20.2 Å². The minimum atomic E-state index is -2.91. The van der Waals surface area contributed by atoms with Crippen molar-refractivity contribution in [3.05, 3.63) is 12.3 Å². The predicted octanol–water partition coefficient (Wildman–Crippen LogP) is -0.156. The molecule has 3 heterocycles. The molecular formula is C15H25N5O3S. The van der Waals surface area contributed by atoms with Gasteiger partial charge in [-0.15, -0.1) is 0 Å². The van der Waals surface area contributed by atoms with Crippen LogP contribution in [0.3, 0.4) is 0 Å². The van der Waals surface area contributed by atoms with Crippen LogP contribution in [0.2, 0.25) is 0 Å². The van der Waals surface area contributed by atoms with Gasteiger partial charge < -0.3 is 15.0 Å². The number of hydrogen-bond donors (Lipinski definition) is 1. The molecule has 0 spiro atoms. The average molecular weight is 355 g/mol. The van der Waals surface area contributed by atoms with Crippen LogP contribution < -0.4 is 10.2 Å². The topological polar surface area (TPSA) is 87.7 Å². The first-order valence-corrected chi connectivity index (χ1v) is 10.2. The van der Waals surface area contributed by atoms with Crippen LogP contribution >= 0.6 is 0 Å². The zero-order valence-corrected chi connectivity index (χ0v) is 14.8. The number of morpholine rings is 1. The second-order valence-electron chi connectivity index (χ2n) is 6.29. The van der Waals surface area contributed by atoms with Crippen LogP contribution in [-0.4, -0.2) is 87.3 Å². The monoisotopic (exact) mass is 355 g/mol. The third-order valence-electron chi connectivity index (χ3n) is 4.55. The molecule has 134 valence electrons. The lowest BCUT2D eigenvalue weighted by Crippen LogP contribution is -2.39. The van der Waals surface area contributed by atoms with Crippen molar-refractivity contribution >= 4 is 21.6 Å². The van der Waals surface area contributed by atoms with E-state index < -0.39 is 9.84 Å². The Morgan fingerprint density at radius 2 is 2.21 bits per heavy atom. The molecule has 3 rings (SSSR count). The molecule has 0 amide bonds. The largest absolute Gasteiger partial charge is 0.379 e. The molecule has 0 radical (unpaired) electrons. The van der Waals surface area contributed by atoms with Gasteiger partial charge in [0.25, 0.3) is 0 Å². The standard InChI is InChI=1S/C15H25N5O3S/c1-19(13-3-11-24(21,22)12-13)15-17-4-2-14(18-15)16-5-6-20-7-9-23-10-8-20/h2,4,13H,3,5-12H2,1H3,(H,16,17,18). The van der Waals surface area contributed by atoms with E-state index in [4.69, 9.17) is 4.74 Å². The highest BCUT2D eigenvalue weighted by Gasteiger charge is 2.31. The molecule has 0 bridgehead atoms. The third-order valence-corrected chi connectivity index (χ3v) is 6.30. The van der Waals surface area contributed by atoms with Crippen LogP contribution in [0.15, 0.2) is 12.3 Å². The summed E-state index contributed by atoms with van der Waals surface area (Å²) in [7, 11) is -1.05. The van der Waals surface area contributed by atoms with Crippen LogP contribution in [0.1, 0.15) is 6.42 Å². The van der Waals surface area contributed by atoms with Gasteiger partial charge in [-0.25, -0.2) is 13.4 Å². The first-order chi connectivity index (χ1) is 11.5. The van der Waals surface area contributed by atoms with Crippen molar-refractivity contribution in [3.63, 3.8) is 0 Å². The maximum absolute atomic E-state index is 11.6. The van der Waals surface area contributed by atoms with E-state index in [1.54, 1.807) is 6.20 Å². The summed E-state index contributed by atoms with van der Waals surface area (Å²) in [6, 6.07) is 1.79. The summed E-state index contributed by atoms with van der Waals surface area (Å²) in [5.74, 6) is 1.76. The fourth-order valence-corrected chi connectivity index (χ4v) is 4.80. The molecule has 24 heavy (non-hydrogen) atoms. The molecule has 0 saturated carbocycles. The van der Waals surface area contributed by atoms with Crippen LogP contribution in [-0.2, 0) is 14.6 Å². The minimum Gasteiger partial charge on any atom is -0.379 e. The third kappa shape index (κ3) is 4.55. The molecule has 2 aliphatic rings. The van der Waals surface area contributed by atoms with Gasteiger partial charge in [-0.1, -0.05) is 0 Å². The SMILES string of the molecule is CN(c1nccc(NCCN2CCOCC2)n1)C1CCS(=O)(=O)C1. The molecular weight excluding hydrogens is 330 g/mol. The smallest absolute Gasteiger partial charge is 0.227 e. The maximum Gasteiger partial charge on any atom is 0.227 e. The van der Waals surface area contributed by atoms with E-state index in [-0.39, 0.29) is 17.5 Å². The summed E-state index contributed by atoms with van der Waals surface area (Å²) in [6.07, 6.45) is 2.34. The summed E-state index contributed by atoms with van der Waals surface area (Å²) >= 11 is 0. The zero-order chi connectivity index (χ0) is 17.0. The van der Waals surface area contributed by atoms with E-state index in [0.717, 1.165) is 45.2 Å². The molecule has 0 aromatic carbocycles. The van der Waals surface area contributed by atoms with Gasteiger partial charge >= 0.3 is 0 Å². The Kier molecular flexibility index (Phi) is 5.52. The van der Waals surface area contributed by atoms with Crippen molar-refractivity contribution in [2.24, 2.45) is 0 Å². The lowest BCUT2D eigenvalue weighted by molar-refractivity contribution is 0.0398. The van der Waals surface area contributed by atoms with Crippen molar-refractivity contribution < 1.29 is 13.2 Å². The Bertz CT molecular complexity index is 648. The van der Waals surface area contributed by atoms with Crippen molar-refractivity contribution in [3.8, 4) is 0 Å². The number of hydrogen-bond acceptors (Lipinski definition) is 8. The Morgan fingerprint density at radius 1 is 1.42 bits per heavy atom. The van der Waals surface area contributed by atoms with Crippen molar-refractivity contribution in [1.29, 1.82) is 0 Å². The first kappa shape index (κ1) is 17.4. The Morgan fingerprint density at radius 3 is 2.92 bits per heavy atom. The van der Waals surface area contributed by atoms with Crippen LogP contribution in [0.5, 0.6) is 0 Å². The number of nitrogens with zero attached hydrogens (tertiary/aromatic N) is 4. The summed E-state index contributed by atoms with van der Waals surface area (Å²) in [4.78, 5) is 13.0. The second-order valence-corrected chi connectivity index (χ2v) is 8.52. The van der Waals surface area contributed by atoms with E-state index in [0.29, 0.717) is 12.4 Å². The number of nitrogens with one attached hydrogen (secondary N) is 1. The lowest BCUT2D eigenvalue weighted by atomic mass is 10.2. The van der Waals surface area contributed by atoms with Gasteiger partial charge in [0.05, 0.1) is 24.7 Å². The van der Waals surface area contributed by atoms with Crippen molar-refractivity contribution in [2.75, 3.05) is 68.2 Å². The highest BCUT2D eigenvalue weighted by atomic mass is 32.2. The lowest BCUT2D eigenvalue weighted by Gasteiger charge is -2.26. The Hall–Kier alpha value is -1.45. The summed E-state index contributed by atoms with van der Waals surface area (Å²) in [5.41, 5.74) is 0. The van der Waals surface area contributed by atoms with Crippen LogP contribution in [0.25, 0.3) is 0 Å². The average Bonchev–Trinajstić information content (AvgIpc) is 2.95. The number of anilines is 2. The second kappa shape index (κ2) is 7.62. The highest BCUT2D eigenvalue weighted by Crippen LogP contribution is 2.20. The van der Waals surface area contributed by atoms with Gasteiger partial charge in [-0.3, -0.25) is 4.90 Å². The first-order valence-electron chi connectivity index (χ1n) is 8.34. The molecule has 9 heteroatoms. The predicted molar refractivity (Wildman–Crippen MR) is 93.2 cm³/mol. The van der Waals surface area contributed by atoms with Gasteiger partial charge in [-0.2, -0.15) is 4.98 Å². The Labute approximate surface area is 143 Å². The maximum atomic E-state index is 11.6. The molecule has 2 saturated heterocycles. The fourth-order valence-electron chi connectivity index (χ4n) is 3.03. The molecule has 1 aromatic rings. The van der Waals surface area contributed by atoms with E-state index in [1.807, 2.05) is 18.0 Å². The van der Waals surface area contributed by atoms with Crippen LogP contribution in [0, 0.1) is 0 Å². The molecule has 2 aliphatic heterocycles. The van der Waals surface area contributed by atoms with Gasteiger partial charge in [0.2, 0.25) is 5.95 Å². The molecule has 1 N–H and O–H groups in total. The minimum absolute atomic E-state index is 0.0430. The van der Waals surface area contributed by atoms with E-state index >= 15 is 0 Å². The summed E-state index contributed by atoms with van der Waals surface area (Å²) < 4.78 is 28.6. The molecule has 0 aliphatic carbocycles. The zero-order valence-electron chi connectivity index (χ0n) is 14.0. The number of rotatable bonds is 6. The normalized spacial score (nSPS) is 24.0. The highest BCUT2D eigenvalue weighted by molar-refractivity contribution is 7.91. The molecule has 1 unspecified atom stereocenters. The van der Waals surface area contributed by atoms with E-state index in [9.17, 15) is 8.42 Å². The van der Waals surface area contributed by atoms with Gasteiger partial charge in [-0.05, 0) is 12.5 Å². The number of aromatic nitrogens is 2. The number of sulfone groups is 1.